The zero-order valence-electron chi connectivity index (χ0n) is 16.1. The van der Waals surface area contributed by atoms with Crippen molar-refractivity contribution < 1.29 is 14.4 Å². The third kappa shape index (κ3) is 3.48. The third-order valence-electron chi connectivity index (χ3n) is 6.02. The lowest BCUT2D eigenvalue weighted by Gasteiger charge is -2.32. The van der Waals surface area contributed by atoms with Gasteiger partial charge in [0.05, 0.1) is 0 Å². The zero-order chi connectivity index (χ0) is 19.7. The summed E-state index contributed by atoms with van der Waals surface area (Å²) in [5.74, 6) is -0.510. The van der Waals surface area contributed by atoms with Crippen molar-refractivity contribution in [3.05, 3.63) is 36.0 Å². The van der Waals surface area contributed by atoms with E-state index in [0.717, 1.165) is 47.0 Å². The Morgan fingerprint density at radius 2 is 1.93 bits per heavy atom. The Morgan fingerprint density at radius 3 is 2.71 bits per heavy atom. The van der Waals surface area contributed by atoms with Crippen molar-refractivity contribution in [3.8, 4) is 0 Å². The SMILES string of the molecule is CN(C(=O)CN1C(=O)N[C@H](Cc2c[nH]c3ccccc23)C1=O)C1CCCCC1. The Kier molecular flexibility index (Phi) is 5.07. The second-order valence-electron chi connectivity index (χ2n) is 7.79. The van der Waals surface area contributed by atoms with Gasteiger partial charge in [0.1, 0.15) is 12.6 Å². The summed E-state index contributed by atoms with van der Waals surface area (Å²) in [6.07, 6.45) is 7.71. The lowest BCUT2D eigenvalue weighted by molar-refractivity contribution is -0.138. The van der Waals surface area contributed by atoms with E-state index in [1.54, 1.807) is 11.9 Å². The summed E-state index contributed by atoms with van der Waals surface area (Å²) in [6.45, 7) is -0.192. The molecule has 1 saturated heterocycles. The summed E-state index contributed by atoms with van der Waals surface area (Å²) in [5.41, 5.74) is 1.97. The van der Waals surface area contributed by atoms with Crippen molar-refractivity contribution in [2.75, 3.05) is 13.6 Å². The zero-order valence-corrected chi connectivity index (χ0v) is 16.1. The van der Waals surface area contributed by atoms with Crippen molar-refractivity contribution >= 4 is 28.7 Å². The number of likely N-dealkylation sites (N-methyl/N-ethyl adjacent to an activating group) is 1. The Hall–Kier alpha value is -2.83. The minimum atomic E-state index is -0.639. The van der Waals surface area contributed by atoms with Gasteiger partial charge in [0, 0.05) is 36.6 Å². The van der Waals surface area contributed by atoms with E-state index < -0.39 is 12.1 Å². The van der Waals surface area contributed by atoms with Crippen molar-refractivity contribution in [1.29, 1.82) is 0 Å². The molecule has 1 aromatic heterocycles. The third-order valence-corrected chi connectivity index (χ3v) is 6.02. The minimum absolute atomic E-state index is 0.178. The van der Waals surface area contributed by atoms with Gasteiger partial charge in [-0.3, -0.25) is 14.5 Å². The van der Waals surface area contributed by atoms with Crippen LogP contribution in [0.15, 0.2) is 30.5 Å². The van der Waals surface area contributed by atoms with E-state index in [0.29, 0.717) is 6.42 Å². The molecule has 1 aliphatic heterocycles. The number of hydrogen-bond donors (Lipinski definition) is 2. The fraction of sp³-hybridized carbons (Fsp3) is 0.476. The predicted molar refractivity (Wildman–Crippen MR) is 106 cm³/mol. The van der Waals surface area contributed by atoms with Crippen molar-refractivity contribution in [2.24, 2.45) is 0 Å². The van der Waals surface area contributed by atoms with E-state index in [4.69, 9.17) is 0 Å². The van der Waals surface area contributed by atoms with Gasteiger partial charge in [-0.1, -0.05) is 37.5 Å². The lowest BCUT2D eigenvalue weighted by atomic mass is 9.94. The molecule has 1 aromatic carbocycles. The topological polar surface area (TPSA) is 85.5 Å². The largest absolute Gasteiger partial charge is 0.361 e. The summed E-state index contributed by atoms with van der Waals surface area (Å²) in [7, 11) is 1.78. The number of aromatic nitrogens is 1. The maximum absolute atomic E-state index is 12.8. The number of carbonyl (C=O) groups is 3. The van der Waals surface area contributed by atoms with Gasteiger partial charge in [-0.25, -0.2) is 4.79 Å². The first-order valence-corrected chi connectivity index (χ1v) is 9.97. The van der Waals surface area contributed by atoms with Gasteiger partial charge in [-0.15, -0.1) is 0 Å². The molecule has 2 aliphatic rings. The summed E-state index contributed by atoms with van der Waals surface area (Å²) in [5, 5.41) is 3.77. The van der Waals surface area contributed by atoms with Crippen LogP contribution in [0.2, 0.25) is 0 Å². The highest BCUT2D eigenvalue weighted by Crippen LogP contribution is 2.23. The minimum Gasteiger partial charge on any atom is -0.361 e. The molecule has 7 heteroatoms. The quantitative estimate of drug-likeness (QED) is 0.779. The number of aromatic amines is 1. The molecule has 0 radical (unpaired) electrons. The van der Waals surface area contributed by atoms with E-state index >= 15 is 0 Å². The molecular weight excluding hydrogens is 356 g/mol. The Bertz CT molecular complexity index is 900. The number of carbonyl (C=O) groups excluding carboxylic acids is 3. The van der Waals surface area contributed by atoms with Crippen LogP contribution >= 0.6 is 0 Å². The van der Waals surface area contributed by atoms with Crippen LogP contribution in [0.5, 0.6) is 0 Å². The highest BCUT2D eigenvalue weighted by Gasteiger charge is 2.40. The molecule has 1 atom stereocenters. The van der Waals surface area contributed by atoms with E-state index in [2.05, 4.69) is 10.3 Å². The molecule has 1 aliphatic carbocycles. The fourth-order valence-corrected chi connectivity index (χ4v) is 4.30. The first-order valence-electron chi connectivity index (χ1n) is 9.97. The molecule has 7 nitrogen and oxygen atoms in total. The highest BCUT2D eigenvalue weighted by atomic mass is 16.2. The Morgan fingerprint density at radius 1 is 1.18 bits per heavy atom. The lowest BCUT2D eigenvalue weighted by Crippen LogP contribution is -2.46. The second-order valence-corrected chi connectivity index (χ2v) is 7.79. The number of benzene rings is 1. The number of H-pyrrole nitrogens is 1. The second kappa shape index (κ2) is 7.66. The first kappa shape index (κ1) is 18.5. The van der Waals surface area contributed by atoms with Crippen LogP contribution in [0.3, 0.4) is 0 Å². The highest BCUT2D eigenvalue weighted by molar-refractivity contribution is 6.06. The van der Waals surface area contributed by atoms with Crippen LogP contribution in [-0.4, -0.2) is 58.3 Å². The fourth-order valence-electron chi connectivity index (χ4n) is 4.30. The molecule has 4 rings (SSSR count). The van der Waals surface area contributed by atoms with Gasteiger partial charge in [-0.05, 0) is 24.5 Å². The molecule has 0 bridgehead atoms. The number of hydrogen-bond acceptors (Lipinski definition) is 3. The first-order chi connectivity index (χ1) is 13.5. The molecule has 0 spiro atoms. The summed E-state index contributed by atoms with van der Waals surface area (Å²) in [6, 6.07) is 6.94. The van der Waals surface area contributed by atoms with Crippen LogP contribution in [-0.2, 0) is 16.0 Å². The number of urea groups is 1. The van der Waals surface area contributed by atoms with E-state index in [1.165, 1.54) is 6.42 Å². The Balaban J connectivity index is 1.41. The number of amides is 4. The molecule has 2 N–H and O–H groups in total. The van der Waals surface area contributed by atoms with Crippen molar-refractivity contribution in [2.45, 2.75) is 50.6 Å². The smallest absolute Gasteiger partial charge is 0.325 e. The van der Waals surface area contributed by atoms with Crippen LogP contribution in [0.4, 0.5) is 4.79 Å². The number of fused-ring (bicyclic) bond motifs is 1. The van der Waals surface area contributed by atoms with Crippen molar-refractivity contribution in [3.63, 3.8) is 0 Å². The molecule has 1 saturated carbocycles. The number of nitrogens with zero attached hydrogens (tertiary/aromatic N) is 2. The predicted octanol–water partition coefficient (Wildman–Crippen LogP) is 2.42. The van der Waals surface area contributed by atoms with Gasteiger partial charge >= 0.3 is 6.03 Å². The van der Waals surface area contributed by atoms with E-state index in [1.807, 2.05) is 30.5 Å². The van der Waals surface area contributed by atoms with Gasteiger partial charge in [0.2, 0.25) is 5.91 Å². The maximum atomic E-state index is 12.8. The summed E-state index contributed by atoms with van der Waals surface area (Å²) < 4.78 is 0. The van der Waals surface area contributed by atoms with Crippen LogP contribution < -0.4 is 5.32 Å². The monoisotopic (exact) mass is 382 g/mol. The summed E-state index contributed by atoms with van der Waals surface area (Å²) >= 11 is 0. The van der Waals surface area contributed by atoms with Gasteiger partial charge in [-0.2, -0.15) is 0 Å². The number of nitrogens with one attached hydrogen (secondary N) is 2. The molecule has 148 valence electrons. The normalized spacial score (nSPS) is 20.6. The molecule has 4 amide bonds. The standard InChI is InChI=1S/C21H26N4O3/c1-24(15-7-3-2-4-8-15)19(26)13-25-20(27)18(23-21(25)28)11-14-12-22-17-10-6-5-9-16(14)17/h5-6,9-10,12,15,18,22H,2-4,7-8,11,13H2,1H3,(H,23,28)/t18-/m1/s1. The van der Waals surface area contributed by atoms with Crippen LogP contribution in [0.1, 0.15) is 37.7 Å². The average molecular weight is 382 g/mol. The molecular formula is C21H26N4O3. The maximum Gasteiger partial charge on any atom is 0.325 e. The van der Waals surface area contributed by atoms with Gasteiger partial charge < -0.3 is 15.2 Å². The van der Waals surface area contributed by atoms with Gasteiger partial charge in [0.15, 0.2) is 0 Å². The van der Waals surface area contributed by atoms with E-state index in [-0.39, 0.29) is 24.4 Å². The number of imide groups is 1. The van der Waals surface area contributed by atoms with Gasteiger partial charge in [0.25, 0.3) is 5.91 Å². The van der Waals surface area contributed by atoms with Crippen molar-refractivity contribution in [1.82, 2.24) is 20.1 Å². The molecule has 0 unspecified atom stereocenters. The molecule has 2 heterocycles. The Labute approximate surface area is 164 Å². The van der Waals surface area contributed by atoms with E-state index in [9.17, 15) is 14.4 Å². The molecule has 28 heavy (non-hydrogen) atoms. The average Bonchev–Trinajstić information content (AvgIpc) is 3.24. The molecule has 2 aromatic rings. The number of para-hydroxylation sites is 1. The number of rotatable bonds is 5. The van der Waals surface area contributed by atoms with Crippen LogP contribution in [0, 0.1) is 0 Å². The summed E-state index contributed by atoms with van der Waals surface area (Å²) in [4.78, 5) is 43.7. The molecule has 2 fully saturated rings. The van der Waals surface area contributed by atoms with Crippen LogP contribution in [0.25, 0.3) is 10.9 Å².